The first-order valence-electron chi connectivity index (χ1n) is 13.0. The maximum Gasteiger partial charge on any atom is 0.139 e. The number of thiophene rings is 1. The van der Waals surface area contributed by atoms with Crippen molar-refractivity contribution < 1.29 is 4.74 Å². The minimum atomic E-state index is 0.441. The summed E-state index contributed by atoms with van der Waals surface area (Å²) < 4.78 is 5.88. The number of aromatic nitrogens is 3. The van der Waals surface area contributed by atoms with Crippen molar-refractivity contribution in [2.75, 3.05) is 18.4 Å². The molecule has 1 fully saturated rings. The van der Waals surface area contributed by atoms with Crippen LogP contribution in [0.2, 0.25) is 0 Å². The Bertz CT molecular complexity index is 1280. The maximum atomic E-state index is 5.88. The Morgan fingerprint density at radius 2 is 1.86 bits per heavy atom. The molecule has 36 heavy (non-hydrogen) atoms. The van der Waals surface area contributed by atoms with E-state index in [9.17, 15) is 0 Å². The highest BCUT2D eigenvalue weighted by Crippen LogP contribution is 2.34. The van der Waals surface area contributed by atoms with Crippen molar-refractivity contribution in [3.63, 3.8) is 0 Å². The standard InChI is InChI=1S/C29H35N5OS/c1-4-7-26-32-28(27-20(2)21(3)36-29(27)33-26)31-23-13-16-34(17-14-23)18-22-9-11-25(12-10-22)35-19-24-8-5-6-15-30-24/h5-6,8-12,15,23H,4,7,13-14,16-19H2,1-3H3,(H,31,32,33). The fourth-order valence-corrected chi connectivity index (χ4v) is 5.80. The number of rotatable bonds is 9. The van der Waals surface area contributed by atoms with E-state index >= 15 is 0 Å². The van der Waals surface area contributed by atoms with Crippen LogP contribution in [-0.2, 0) is 19.6 Å². The molecule has 5 rings (SSSR count). The maximum absolute atomic E-state index is 5.88. The number of nitrogens with zero attached hydrogens (tertiary/aromatic N) is 4. The topological polar surface area (TPSA) is 63.2 Å². The number of aryl methyl sites for hydroxylation is 3. The Hall–Kier alpha value is -3.03. The second-order valence-electron chi connectivity index (χ2n) is 9.65. The van der Waals surface area contributed by atoms with Crippen LogP contribution >= 0.6 is 11.3 Å². The highest BCUT2D eigenvalue weighted by atomic mass is 32.1. The van der Waals surface area contributed by atoms with Gasteiger partial charge in [-0.15, -0.1) is 11.3 Å². The molecule has 0 unspecified atom stereocenters. The van der Waals surface area contributed by atoms with E-state index in [-0.39, 0.29) is 0 Å². The van der Waals surface area contributed by atoms with Crippen LogP contribution in [0, 0.1) is 13.8 Å². The van der Waals surface area contributed by atoms with Crippen molar-refractivity contribution in [3.8, 4) is 5.75 Å². The minimum Gasteiger partial charge on any atom is -0.487 e. The highest BCUT2D eigenvalue weighted by molar-refractivity contribution is 7.18. The molecule has 188 valence electrons. The molecule has 1 N–H and O–H groups in total. The summed E-state index contributed by atoms with van der Waals surface area (Å²) in [6.45, 7) is 10.2. The van der Waals surface area contributed by atoms with Crippen molar-refractivity contribution in [2.24, 2.45) is 0 Å². The molecule has 3 aromatic heterocycles. The van der Waals surface area contributed by atoms with E-state index in [2.05, 4.69) is 60.2 Å². The van der Waals surface area contributed by atoms with Gasteiger partial charge in [-0.05, 0) is 68.5 Å². The van der Waals surface area contributed by atoms with E-state index in [0.29, 0.717) is 12.6 Å². The van der Waals surface area contributed by atoms with Crippen LogP contribution in [0.15, 0.2) is 48.7 Å². The molecule has 0 spiro atoms. The zero-order valence-electron chi connectivity index (χ0n) is 21.5. The lowest BCUT2D eigenvalue weighted by molar-refractivity contribution is 0.211. The van der Waals surface area contributed by atoms with Gasteiger partial charge in [0.05, 0.1) is 11.1 Å². The molecule has 0 saturated carbocycles. The lowest BCUT2D eigenvalue weighted by Gasteiger charge is -2.32. The Kier molecular flexibility index (Phi) is 7.78. The summed E-state index contributed by atoms with van der Waals surface area (Å²) >= 11 is 1.79. The van der Waals surface area contributed by atoms with E-state index in [0.717, 1.165) is 73.2 Å². The van der Waals surface area contributed by atoms with Gasteiger partial charge in [-0.25, -0.2) is 9.97 Å². The van der Waals surface area contributed by atoms with Crippen molar-refractivity contribution in [3.05, 3.63) is 76.2 Å². The first kappa shape index (κ1) is 24.7. The second kappa shape index (κ2) is 11.4. The number of nitrogens with one attached hydrogen (secondary N) is 1. The van der Waals surface area contributed by atoms with Gasteiger partial charge in [0.15, 0.2) is 0 Å². The second-order valence-corrected chi connectivity index (χ2v) is 10.9. The molecular formula is C29H35N5OS. The third-order valence-corrected chi connectivity index (χ3v) is 8.02. The number of benzene rings is 1. The summed E-state index contributed by atoms with van der Waals surface area (Å²) in [6.07, 6.45) is 6.00. The van der Waals surface area contributed by atoms with Crippen LogP contribution in [0.3, 0.4) is 0 Å². The molecule has 7 heteroatoms. The smallest absolute Gasteiger partial charge is 0.139 e. The van der Waals surface area contributed by atoms with Crippen molar-refractivity contribution in [1.82, 2.24) is 19.9 Å². The number of pyridine rings is 1. The van der Waals surface area contributed by atoms with Gasteiger partial charge in [0, 0.05) is 43.2 Å². The normalized spacial score (nSPS) is 14.9. The highest BCUT2D eigenvalue weighted by Gasteiger charge is 2.22. The molecule has 6 nitrogen and oxygen atoms in total. The molecule has 4 aromatic rings. The predicted octanol–water partition coefficient (Wildman–Crippen LogP) is 6.31. The van der Waals surface area contributed by atoms with Crippen LogP contribution in [0.5, 0.6) is 5.75 Å². The molecule has 4 heterocycles. The quantitative estimate of drug-likeness (QED) is 0.290. The summed E-state index contributed by atoms with van der Waals surface area (Å²) in [5.74, 6) is 2.87. The molecule has 0 atom stereocenters. The molecule has 1 aliphatic heterocycles. The summed E-state index contributed by atoms with van der Waals surface area (Å²) in [7, 11) is 0. The van der Waals surface area contributed by atoms with E-state index < -0.39 is 0 Å². The molecular weight excluding hydrogens is 466 g/mol. The fourth-order valence-electron chi connectivity index (χ4n) is 4.75. The Labute approximate surface area is 217 Å². The predicted molar refractivity (Wildman–Crippen MR) is 148 cm³/mol. The third-order valence-electron chi connectivity index (χ3n) is 6.92. The van der Waals surface area contributed by atoms with Gasteiger partial charge >= 0.3 is 0 Å². The minimum absolute atomic E-state index is 0.441. The largest absolute Gasteiger partial charge is 0.487 e. The summed E-state index contributed by atoms with van der Waals surface area (Å²) in [6, 6.07) is 14.8. The van der Waals surface area contributed by atoms with Crippen LogP contribution in [0.25, 0.3) is 10.2 Å². The van der Waals surface area contributed by atoms with Gasteiger partial charge < -0.3 is 10.1 Å². The van der Waals surface area contributed by atoms with E-state index in [1.54, 1.807) is 17.5 Å². The molecule has 1 saturated heterocycles. The van der Waals surface area contributed by atoms with Gasteiger partial charge in [-0.1, -0.05) is 25.1 Å². The summed E-state index contributed by atoms with van der Waals surface area (Å²) in [5, 5.41) is 5.02. The first-order valence-corrected chi connectivity index (χ1v) is 13.8. The summed E-state index contributed by atoms with van der Waals surface area (Å²) in [5.41, 5.74) is 3.56. The Balaban J connectivity index is 1.15. The Morgan fingerprint density at radius 3 is 2.58 bits per heavy atom. The number of likely N-dealkylation sites (tertiary alicyclic amines) is 1. The average Bonchev–Trinajstić information content (AvgIpc) is 3.19. The summed E-state index contributed by atoms with van der Waals surface area (Å²) in [4.78, 5) is 19.1. The zero-order chi connectivity index (χ0) is 24.9. The van der Waals surface area contributed by atoms with Gasteiger partial charge in [0.25, 0.3) is 0 Å². The van der Waals surface area contributed by atoms with Gasteiger partial charge in [-0.2, -0.15) is 0 Å². The van der Waals surface area contributed by atoms with Crippen LogP contribution in [0.4, 0.5) is 5.82 Å². The van der Waals surface area contributed by atoms with E-state index in [4.69, 9.17) is 14.7 Å². The van der Waals surface area contributed by atoms with Crippen molar-refractivity contribution >= 4 is 27.4 Å². The SMILES string of the molecule is CCCc1nc(NC2CCN(Cc3ccc(OCc4ccccn4)cc3)CC2)c2c(C)c(C)sc2n1. The lowest BCUT2D eigenvalue weighted by Crippen LogP contribution is -2.38. The number of anilines is 1. The van der Waals surface area contributed by atoms with Gasteiger partial charge in [0.1, 0.15) is 28.8 Å². The number of hydrogen-bond donors (Lipinski definition) is 1. The average molecular weight is 502 g/mol. The molecule has 1 aliphatic rings. The number of ether oxygens (including phenoxy) is 1. The van der Waals surface area contributed by atoms with Gasteiger partial charge in [-0.3, -0.25) is 9.88 Å². The lowest BCUT2D eigenvalue weighted by atomic mass is 10.0. The third kappa shape index (κ3) is 5.85. The number of piperidine rings is 1. The van der Waals surface area contributed by atoms with Gasteiger partial charge in [0.2, 0.25) is 0 Å². The van der Waals surface area contributed by atoms with Crippen molar-refractivity contribution in [1.29, 1.82) is 0 Å². The Morgan fingerprint density at radius 1 is 1.06 bits per heavy atom. The monoisotopic (exact) mass is 501 g/mol. The molecule has 1 aromatic carbocycles. The molecule has 0 radical (unpaired) electrons. The van der Waals surface area contributed by atoms with Crippen LogP contribution in [-0.4, -0.2) is 39.0 Å². The van der Waals surface area contributed by atoms with E-state index in [1.807, 2.05) is 18.2 Å². The van der Waals surface area contributed by atoms with E-state index in [1.165, 1.54) is 21.4 Å². The molecule has 0 bridgehead atoms. The number of fused-ring (bicyclic) bond motifs is 1. The zero-order valence-corrected chi connectivity index (χ0v) is 22.3. The van der Waals surface area contributed by atoms with Crippen LogP contribution in [0.1, 0.15) is 53.7 Å². The fraction of sp³-hybridized carbons (Fsp3) is 0.414. The number of hydrogen-bond acceptors (Lipinski definition) is 7. The molecule has 0 amide bonds. The first-order chi connectivity index (χ1) is 17.6. The van der Waals surface area contributed by atoms with Crippen LogP contribution < -0.4 is 10.1 Å². The molecule has 0 aliphatic carbocycles. The van der Waals surface area contributed by atoms with Crippen molar-refractivity contribution in [2.45, 2.75) is 65.6 Å².